The Hall–Kier alpha value is -2.18. The van der Waals surface area contributed by atoms with Crippen LogP contribution in [0.3, 0.4) is 0 Å². The van der Waals surface area contributed by atoms with Crippen molar-refractivity contribution >= 4 is 40.6 Å². The van der Waals surface area contributed by atoms with Crippen LogP contribution in [0.1, 0.15) is 26.4 Å². The molecular weight excluding hydrogens is 334 g/mol. The first-order valence-corrected chi connectivity index (χ1v) is 8.34. The molecule has 116 valence electrons. The number of nitrogens with zero attached hydrogens (tertiary/aromatic N) is 2. The Kier molecular flexibility index (Phi) is 4.19. The van der Waals surface area contributed by atoms with E-state index in [0.29, 0.717) is 15.6 Å². The highest BCUT2D eigenvalue weighted by atomic mass is 35.5. The second kappa shape index (κ2) is 6.14. The van der Waals surface area contributed by atoms with Crippen molar-refractivity contribution < 1.29 is 9.59 Å². The maximum absolute atomic E-state index is 12.7. The van der Waals surface area contributed by atoms with Gasteiger partial charge >= 0.3 is 0 Å². The third-order valence-corrected chi connectivity index (χ3v) is 4.77. The molecule has 0 atom stereocenters. The molecule has 0 saturated carbocycles. The maximum atomic E-state index is 12.7. The number of carbonyl (C=O) groups is 2. The molecule has 0 aliphatic heterocycles. The summed E-state index contributed by atoms with van der Waals surface area (Å²) in [7, 11) is 0. The zero-order chi connectivity index (χ0) is 16.6. The molecule has 0 spiro atoms. The fourth-order valence-electron chi connectivity index (χ4n) is 2.32. The minimum absolute atomic E-state index is 0.141. The van der Waals surface area contributed by atoms with Crippen LogP contribution in [-0.2, 0) is 0 Å². The molecule has 1 aliphatic rings. The summed E-state index contributed by atoms with van der Waals surface area (Å²) in [5, 5.41) is 3.64. The van der Waals surface area contributed by atoms with Gasteiger partial charge in [-0.15, -0.1) is 11.8 Å². The summed E-state index contributed by atoms with van der Waals surface area (Å²) in [6.07, 6.45) is 4.38. The van der Waals surface area contributed by atoms with Gasteiger partial charge in [0.05, 0.1) is 10.5 Å². The highest BCUT2D eigenvalue weighted by Gasteiger charge is 2.33. The maximum Gasteiger partial charge on any atom is 0.220 e. The van der Waals surface area contributed by atoms with E-state index in [4.69, 9.17) is 11.6 Å². The SMILES string of the molecule is CSC1=C(Nc2cccc(Cl)c2C)C(=O)c2cncnc2C1=O. The van der Waals surface area contributed by atoms with Crippen LogP contribution in [0.5, 0.6) is 0 Å². The monoisotopic (exact) mass is 345 g/mol. The normalized spacial score (nSPS) is 14.0. The molecule has 0 saturated heterocycles. The number of hydrogen-bond acceptors (Lipinski definition) is 6. The largest absolute Gasteiger partial charge is 0.351 e. The van der Waals surface area contributed by atoms with Crippen molar-refractivity contribution in [2.24, 2.45) is 0 Å². The molecule has 0 radical (unpaired) electrons. The second-order valence-electron chi connectivity index (χ2n) is 4.89. The summed E-state index contributed by atoms with van der Waals surface area (Å²) in [6.45, 7) is 1.84. The van der Waals surface area contributed by atoms with E-state index >= 15 is 0 Å². The van der Waals surface area contributed by atoms with Crippen molar-refractivity contribution in [2.45, 2.75) is 6.92 Å². The topological polar surface area (TPSA) is 72.0 Å². The number of allylic oxidation sites excluding steroid dienone is 2. The Morgan fingerprint density at radius 3 is 2.74 bits per heavy atom. The third-order valence-electron chi connectivity index (χ3n) is 3.56. The van der Waals surface area contributed by atoms with Crippen molar-refractivity contribution in [3.63, 3.8) is 0 Å². The molecular formula is C16H12ClN3O2S. The highest BCUT2D eigenvalue weighted by molar-refractivity contribution is 8.03. The van der Waals surface area contributed by atoms with Gasteiger partial charge in [0.1, 0.15) is 17.7 Å². The van der Waals surface area contributed by atoms with E-state index in [1.54, 1.807) is 24.5 Å². The van der Waals surface area contributed by atoms with Gasteiger partial charge in [-0.05, 0) is 30.9 Å². The van der Waals surface area contributed by atoms with Gasteiger partial charge in [-0.1, -0.05) is 17.7 Å². The first-order chi connectivity index (χ1) is 11.0. The molecule has 1 aliphatic carbocycles. The summed E-state index contributed by atoms with van der Waals surface area (Å²) in [5.74, 6) is -0.583. The zero-order valence-corrected chi connectivity index (χ0v) is 14.0. The van der Waals surface area contributed by atoms with E-state index in [1.807, 2.05) is 6.92 Å². The van der Waals surface area contributed by atoms with Gasteiger partial charge in [0.2, 0.25) is 11.6 Å². The number of rotatable bonds is 3. The number of halogens is 1. The Bertz CT molecular complexity index is 864. The van der Waals surface area contributed by atoms with E-state index < -0.39 is 0 Å². The Morgan fingerprint density at radius 1 is 1.22 bits per heavy atom. The first-order valence-electron chi connectivity index (χ1n) is 6.74. The first kappa shape index (κ1) is 15.7. The fraction of sp³-hybridized carbons (Fsp3) is 0.125. The summed E-state index contributed by atoms with van der Waals surface area (Å²) in [5.41, 5.74) is 2.06. The fourth-order valence-corrected chi connectivity index (χ4v) is 3.13. The molecule has 2 aromatic rings. The zero-order valence-electron chi connectivity index (χ0n) is 12.4. The van der Waals surface area contributed by atoms with E-state index in [2.05, 4.69) is 15.3 Å². The molecule has 1 heterocycles. The Balaban J connectivity index is 2.11. The van der Waals surface area contributed by atoms with Crippen LogP contribution in [0.25, 0.3) is 0 Å². The lowest BCUT2D eigenvalue weighted by Gasteiger charge is -2.20. The predicted octanol–water partition coefficient (Wildman–Crippen LogP) is 3.50. The van der Waals surface area contributed by atoms with Crippen LogP contribution in [0, 0.1) is 6.92 Å². The lowest BCUT2D eigenvalue weighted by Crippen LogP contribution is -2.26. The van der Waals surface area contributed by atoms with Crippen LogP contribution in [0.2, 0.25) is 5.02 Å². The molecule has 1 aromatic carbocycles. The number of thioether (sulfide) groups is 1. The van der Waals surface area contributed by atoms with Crippen LogP contribution in [-0.4, -0.2) is 27.8 Å². The summed E-state index contributed by atoms with van der Waals surface area (Å²) in [4.78, 5) is 33.4. The average Bonchev–Trinajstić information content (AvgIpc) is 2.56. The van der Waals surface area contributed by atoms with Gasteiger partial charge in [-0.3, -0.25) is 9.59 Å². The second-order valence-corrected chi connectivity index (χ2v) is 6.11. The molecule has 0 fully saturated rings. The van der Waals surface area contributed by atoms with Gasteiger partial charge in [0.25, 0.3) is 0 Å². The number of hydrogen-bond donors (Lipinski definition) is 1. The van der Waals surface area contributed by atoms with E-state index in [9.17, 15) is 9.59 Å². The smallest absolute Gasteiger partial charge is 0.220 e. The molecule has 0 unspecified atom stereocenters. The van der Waals surface area contributed by atoms with Crippen LogP contribution < -0.4 is 5.32 Å². The summed E-state index contributed by atoms with van der Waals surface area (Å²) in [6, 6.07) is 5.35. The van der Waals surface area contributed by atoms with Gasteiger partial charge in [-0.2, -0.15) is 0 Å². The van der Waals surface area contributed by atoms with Crippen LogP contribution >= 0.6 is 23.4 Å². The van der Waals surface area contributed by atoms with E-state index in [1.165, 1.54) is 24.3 Å². The van der Waals surface area contributed by atoms with Crippen molar-refractivity contribution in [3.8, 4) is 0 Å². The average molecular weight is 346 g/mol. The van der Waals surface area contributed by atoms with E-state index in [0.717, 1.165) is 5.56 Å². The molecule has 3 rings (SSSR count). The molecule has 0 amide bonds. The number of nitrogens with one attached hydrogen (secondary N) is 1. The number of benzene rings is 1. The molecule has 5 nitrogen and oxygen atoms in total. The number of fused-ring (bicyclic) bond motifs is 1. The van der Waals surface area contributed by atoms with Crippen LogP contribution in [0.4, 0.5) is 5.69 Å². The standard InChI is InChI=1S/C16H12ClN3O2S/c1-8-10(17)4-3-5-11(8)20-13-14(21)9-6-18-7-19-12(9)15(22)16(13)23-2/h3-7,20H,1-2H3. The molecule has 1 N–H and O–H groups in total. The number of carbonyl (C=O) groups excluding carboxylic acids is 2. The number of Topliss-reactive ketones (excluding diaryl/α,β-unsaturated/α-hetero) is 2. The van der Waals surface area contributed by atoms with Gasteiger partial charge < -0.3 is 5.32 Å². The molecule has 23 heavy (non-hydrogen) atoms. The minimum Gasteiger partial charge on any atom is -0.351 e. The van der Waals surface area contributed by atoms with Gasteiger partial charge in [-0.25, -0.2) is 9.97 Å². The summed E-state index contributed by atoms with van der Waals surface area (Å²) >= 11 is 7.33. The minimum atomic E-state index is -0.302. The van der Waals surface area contributed by atoms with E-state index in [-0.39, 0.29) is 28.5 Å². The highest BCUT2D eigenvalue weighted by Crippen LogP contribution is 2.32. The van der Waals surface area contributed by atoms with Crippen LogP contribution in [0.15, 0.2) is 41.3 Å². The van der Waals surface area contributed by atoms with Gasteiger partial charge in [0, 0.05) is 16.9 Å². The van der Waals surface area contributed by atoms with Gasteiger partial charge in [0.15, 0.2) is 0 Å². The molecule has 7 heteroatoms. The predicted molar refractivity (Wildman–Crippen MR) is 91.0 cm³/mol. The van der Waals surface area contributed by atoms with Crippen molar-refractivity contribution in [1.82, 2.24) is 9.97 Å². The third kappa shape index (κ3) is 2.64. The number of ketones is 2. The lowest BCUT2D eigenvalue weighted by atomic mass is 9.98. The number of aromatic nitrogens is 2. The van der Waals surface area contributed by atoms with Crippen molar-refractivity contribution in [3.05, 3.63) is 63.2 Å². The molecule has 1 aromatic heterocycles. The Labute approximate surface area is 142 Å². The molecule has 0 bridgehead atoms. The quantitative estimate of drug-likeness (QED) is 0.917. The Morgan fingerprint density at radius 2 is 2.00 bits per heavy atom. The summed E-state index contributed by atoms with van der Waals surface area (Å²) < 4.78 is 0. The van der Waals surface area contributed by atoms with Crippen molar-refractivity contribution in [1.29, 1.82) is 0 Å². The number of anilines is 1. The van der Waals surface area contributed by atoms with Crippen molar-refractivity contribution in [2.75, 3.05) is 11.6 Å². The lowest BCUT2D eigenvalue weighted by molar-refractivity contribution is 0.0978.